The largest absolute Gasteiger partial charge is 0.351 e. The van der Waals surface area contributed by atoms with Crippen LogP contribution in [0.3, 0.4) is 0 Å². The standard InChI is InChI=1S/C7H7Br2NOS/c8-3-4-10-7(11)5-1-2-6(9)12-5/h1-2H,3-4H2,(H,10,11). The van der Waals surface area contributed by atoms with E-state index < -0.39 is 0 Å². The van der Waals surface area contributed by atoms with Gasteiger partial charge in [-0.05, 0) is 28.1 Å². The van der Waals surface area contributed by atoms with Crippen molar-refractivity contribution in [3.8, 4) is 0 Å². The Labute approximate surface area is 91.6 Å². The maximum atomic E-state index is 11.3. The van der Waals surface area contributed by atoms with Gasteiger partial charge in [0.1, 0.15) is 0 Å². The van der Waals surface area contributed by atoms with E-state index >= 15 is 0 Å². The number of carbonyl (C=O) groups is 1. The van der Waals surface area contributed by atoms with Crippen molar-refractivity contribution in [1.29, 1.82) is 0 Å². The van der Waals surface area contributed by atoms with E-state index in [-0.39, 0.29) is 5.91 Å². The number of halogens is 2. The number of alkyl halides is 1. The molecule has 66 valence electrons. The molecule has 0 aliphatic rings. The van der Waals surface area contributed by atoms with Crippen LogP contribution in [0.15, 0.2) is 15.9 Å². The summed E-state index contributed by atoms with van der Waals surface area (Å²) in [6.45, 7) is 0.661. The molecule has 0 radical (unpaired) electrons. The molecule has 1 aromatic rings. The Bertz CT molecular complexity index is 274. The zero-order valence-corrected chi connectivity index (χ0v) is 10.1. The molecule has 1 aromatic heterocycles. The van der Waals surface area contributed by atoms with Gasteiger partial charge in [-0.3, -0.25) is 4.79 Å². The van der Waals surface area contributed by atoms with Gasteiger partial charge in [-0.1, -0.05) is 15.9 Å². The highest BCUT2D eigenvalue weighted by Gasteiger charge is 2.06. The van der Waals surface area contributed by atoms with Crippen LogP contribution in [0.5, 0.6) is 0 Å². The third kappa shape index (κ3) is 2.88. The second-order valence-electron chi connectivity index (χ2n) is 2.05. The van der Waals surface area contributed by atoms with Gasteiger partial charge in [0.25, 0.3) is 5.91 Å². The van der Waals surface area contributed by atoms with Crippen LogP contribution in [0.1, 0.15) is 9.67 Å². The van der Waals surface area contributed by atoms with Crippen molar-refractivity contribution >= 4 is 49.1 Å². The Kier molecular flexibility index (Phi) is 4.25. The lowest BCUT2D eigenvalue weighted by Crippen LogP contribution is -2.24. The highest BCUT2D eigenvalue weighted by atomic mass is 79.9. The van der Waals surface area contributed by atoms with Crippen LogP contribution in [-0.4, -0.2) is 17.8 Å². The highest BCUT2D eigenvalue weighted by Crippen LogP contribution is 2.21. The van der Waals surface area contributed by atoms with E-state index in [4.69, 9.17) is 0 Å². The number of hydrogen-bond acceptors (Lipinski definition) is 2. The van der Waals surface area contributed by atoms with Crippen molar-refractivity contribution in [3.05, 3.63) is 20.8 Å². The Morgan fingerprint density at radius 2 is 2.33 bits per heavy atom. The summed E-state index contributed by atoms with van der Waals surface area (Å²) in [5.74, 6) is -0.00912. The molecule has 0 atom stereocenters. The molecule has 0 saturated heterocycles. The Balaban J connectivity index is 2.53. The van der Waals surface area contributed by atoms with Crippen LogP contribution in [0.2, 0.25) is 0 Å². The predicted octanol–water partition coefficient (Wildman–Crippen LogP) is 2.64. The molecule has 0 saturated carbocycles. The molecular formula is C7H7Br2NOS. The first-order valence-corrected chi connectivity index (χ1v) is 6.06. The average molecular weight is 313 g/mol. The summed E-state index contributed by atoms with van der Waals surface area (Å²) in [7, 11) is 0. The van der Waals surface area contributed by atoms with Crippen molar-refractivity contribution in [2.24, 2.45) is 0 Å². The molecule has 12 heavy (non-hydrogen) atoms. The fraction of sp³-hybridized carbons (Fsp3) is 0.286. The van der Waals surface area contributed by atoms with Crippen LogP contribution >= 0.6 is 43.2 Å². The minimum atomic E-state index is -0.00912. The van der Waals surface area contributed by atoms with Gasteiger partial charge in [-0.25, -0.2) is 0 Å². The molecular weight excluding hydrogens is 306 g/mol. The zero-order valence-electron chi connectivity index (χ0n) is 6.14. The first-order valence-electron chi connectivity index (χ1n) is 3.33. The second-order valence-corrected chi connectivity index (χ2v) is 5.30. The third-order valence-electron chi connectivity index (χ3n) is 1.18. The number of rotatable bonds is 3. The van der Waals surface area contributed by atoms with Crippen LogP contribution in [0.4, 0.5) is 0 Å². The Morgan fingerprint density at radius 1 is 1.58 bits per heavy atom. The molecule has 1 amide bonds. The summed E-state index contributed by atoms with van der Waals surface area (Å²) in [5.41, 5.74) is 0. The summed E-state index contributed by atoms with van der Waals surface area (Å²) in [6, 6.07) is 3.67. The van der Waals surface area contributed by atoms with Gasteiger partial charge < -0.3 is 5.32 Å². The molecule has 2 nitrogen and oxygen atoms in total. The van der Waals surface area contributed by atoms with Crippen molar-refractivity contribution < 1.29 is 4.79 Å². The van der Waals surface area contributed by atoms with Crippen LogP contribution < -0.4 is 5.32 Å². The van der Waals surface area contributed by atoms with E-state index in [1.807, 2.05) is 6.07 Å². The lowest BCUT2D eigenvalue weighted by atomic mass is 10.4. The van der Waals surface area contributed by atoms with E-state index in [0.717, 1.165) is 14.0 Å². The molecule has 0 bridgehead atoms. The maximum Gasteiger partial charge on any atom is 0.261 e. The number of carbonyl (C=O) groups excluding carboxylic acids is 1. The van der Waals surface area contributed by atoms with E-state index in [1.165, 1.54) is 11.3 Å². The van der Waals surface area contributed by atoms with Gasteiger partial charge in [0, 0.05) is 11.9 Å². The molecule has 1 N–H and O–H groups in total. The van der Waals surface area contributed by atoms with Crippen molar-refractivity contribution in [2.75, 3.05) is 11.9 Å². The molecule has 0 aliphatic heterocycles. The topological polar surface area (TPSA) is 29.1 Å². The molecule has 5 heteroatoms. The van der Waals surface area contributed by atoms with E-state index in [0.29, 0.717) is 6.54 Å². The third-order valence-corrected chi connectivity index (χ3v) is 3.20. The molecule has 1 rings (SSSR count). The van der Waals surface area contributed by atoms with Gasteiger partial charge in [-0.15, -0.1) is 11.3 Å². The lowest BCUT2D eigenvalue weighted by molar-refractivity contribution is 0.0960. The minimum Gasteiger partial charge on any atom is -0.351 e. The summed E-state index contributed by atoms with van der Waals surface area (Å²) in [6.07, 6.45) is 0. The number of nitrogens with one attached hydrogen (secondary N) is 1. The molecule has 0 unspecified atom stereocenters. The summed E-state index contributed by atoms with van der Waals surface area (Å²) in [5, 5.41) is 3.55. The molecule has 0 aliphatic carbocycles. The van der Waals surface area contributed by atoms with Gasteiger partial charge in [0.15, 0.2) is 0 Å². The Morgan fingerprint density at radius 3 is 2.83 bits per heavy atom. The van der Waals surface area contributed by atoms with Crippen molar-refractivity contribution in [1.82, 2.24) is 5.32 Å². The maximum absolute atomic E-state index is 11.3. The number of thiophene rings is 1. The van der Waals surface area contributed by atoms with Crippen LogP contribution in [0, 0.1) is 0 Å². The van der Waals surface area contributed by atoms with Crippen molar-refractivity contribution in [3.63, 3.8) is 0 Å². The molecule has 0 aromatic carbocycles. The van der Waals surface area contributed by atoms with E-state index in [1.54, 1.807) is 6.07 Å². The van der Waals surface area contributed by atoms with E-state index in [2.05, 4.69) is 37.2 Å². The minimum absolute atomic E-state index is 0.00912. The monoisotopic (exact) mass is 311 g/mol. The molecule has 0 spiro atoms. The molecule has 0 fully saturated rings. The quantitative estimate of drug-likeness (QED) is 0.854. The fourth-order valence-electron chi connectivity index (χ4n) is 0.684. The van der Waals surface area contributed by atoms with Gasteiger partial charge in [-0.2, -0.15) is 0 Å². The SMILES string of the molecule is O=C(NCCBr)c1ccc(Br)s1. The van der Waals surface area contributed by atoms with Gasteiger partial charge in [0.2, 0.25) is 0 Å². The highest BCUT2D eigenvalue weighted by molar-refractivity contribution is 9.11. The fourth-order valence-corrected chi connectivity index (χ4v) is 2.18. The summed E-state index contributed by atoms with van der Waals surface area (Å²) >= 11 is 7.97. The summed E-state index contributed by atoms with van der Waals surface area (Å²) < 4.78 is 0.978. The van der Waals surface area contributed by atoms with Crippen LogP contribution in [0.25, 0.3) is 0 Å². The lowest BCUT2D eigenvalue weighted by Gasteiger charge is -1.98. The number of amides is 1. The van der Waals surface area contributed by atoms with E-state index in [9.17, 15) is 4.79 Å². The average Bonchev–Trinajstić information content (AvgIpc) is 2.47. The predicted molar refractivity (Wildman–Crippen MR) is 58.1 cm³/mol. The summed E-state index contributed by atoms with van der Waals surface area (Å²) in [4.78, 5) is 12.0. The number of hydrogen-bond donors (Lipinski definition) is 1. The normalized spacial score (nSPS) is 9.83. The van der Waals surface area contributed by atoms with Crippen LogP contribution in [-0.2, 0) is 0 Å². The molecule has 1 heterocycles. The smallest absolute Gasteiger partial charge is 0.261 e. The van der Waals surface area contributed by atoms with Gasteiger partial charge >= 0.3 is 0 Å². The first-order chi connectivity index (χ1) is 5.74. The van der Waals surface area contributed by atoms with Gasteiger partial charge in [0.05, 0.1) is 8.66 Å². The van der Waals surface area contributed by atoms with Crippen molar-refractivity contribution in [2.45, 2.75) is 0 Å². The first kappa shape index (κ1) is 10.2. The second kappa shape index (κ2) is 4.99. The zero-order chi connectivity index (χ0) is 8.97. The Hall–Kier alpha value is 0.130.